The van der Waals surface area contributed by atoms with Crippen molar-refractivity contribution in [3.05, 3.63) is 35.9 Å². The van der Waals surface area contributed by atoms with Crippen LogP contribution < -0.4 is 14.7 Å². The lowest BCUT2D eigenvalue weighted by atomic mass is 10.2. The summed E-state index contributed by atoms with van der Waals surface area (Å²) in [6.45, 7) is -0.207. The van der Waals surface area contributed by atoms with E-state index in [1.807, 2.05) is 18.2 Å². The van der Waals surface area contributed by atoms with Crippen molar-refractivity contribution in [3.63, 3.8) is 0 Å². The van der Waals surface area contributed by atoms with Gasteiger partial charge < -0.3 is 0 Å². The minimum Gasteiger partial charge on any atom is -0.278 e. The molecule has 1 rings (SSSR count). The van der Waals surface area contributed by atoms with Crippen molar-refractivity contribution in [1.82, 2.24) is 9.21 Å². The minimum absolute atomic E-state index is 1.32. The zero-order valence-corrected chi connectivity index (χ0v) is 10.8. The molecule has 3 nitrogen and oxygen atoms in total. The number of nitrogens with two attached hydrogens (primary N) is 1. The van der Waals surface area contributed by atoms with Crippen molar-refractivity contribution in [2.45, 2.75) is 6.92 Å². The molecule has 4 N–H and O–H groups in total. The summed E-state index contributed by atoms with van der Waals surface area (Å²) in [6, 6.07) is 10.3. The lowest BCUT2D eigenvalue weighted by Crippen LogP contribution is -2.13. The molecule has 1 aromatic rings. The molecule has 0 aliphatic rings. The van der Waals surface area contributed by atoms with Crippen LogP contribution in [0.3, 0.4) is 0 Å². The number of benzene rings is 1. The summed E-state index contributed by atoms with van der Waals surface area (Å²) in [4.78, 5) is 0. The normalized spacial score (nSPS) is 10.3. The second-order valence-electron chi connectivity index (χ2n) is 2.48. The minimum atomic E-state index is -2.29. The molecule has 0 unspecified atom stereocenters. The first-order valence-electron chi connectivity index (χ1n) is 3.68. The Morgan fingerprint density at radius 2 is 1.64 bits per heavy atom. The van der Waals surface area contributed by atoms with Gasteiger partial charge in [0.05, 0.1) is 0 Å². The Hall–Kier alpha value is 0.330. The summed E-state index contributed by atoms with van der Waals surface area (Å²) in [7, 11) is 0. The average molecular weight is 272 g/mol. The van der Waals surface area contributed by atoms with E-state index in [-0.39, 0.29) is 0 Å². The van der Waals surface area contributed by atoms with Gasteiger partial charge in [0.1, 0.15) is 0 Å². The highest BCUT2D eigenvalue weighted by atomic mass is 35.5. The SMILES string of the molecule is Cc1ccccc1.NP(=S)(NCl)NCl. The van der Waals surface area contributed by atoms with Gasteiger partial charge in [-0.1, -0.05) is 35.9 Å². The lowest BCUT2D eigenvalue weighted by molar-refractivity contribution is 1.46. The summed E-state index contributed by atoms with van der Waals surface area (Å²) in [5.41, 5.74) is 6.48. The number of nitrogens with one attached hydrogen (secondary N) is 2. The molecule has 0 fully saturated rings. The van der Waals surface area contributed by atoms with Gasteiger partial charge in [0.2, 0.25) is 0 Å². The molecular weight excluding hydrogens is 260 g/mol. The van der Waals surface area contributed by atoms with Crippen molar-refractivity contribution in [2.75, 3.05) is 0 Å². The number of halogens is 2. The van der Waals surface area contributed by atoms with Gasteiger partial charge in [-0.15, -0.1) is 0 Å². The Morgan fingerprint density at radius 3 is 1.79 bits per heavy atom. The molecular formula is C7H12Cl2N3PS. The number of hydrogen-bond donors (Lipinski definition) is 3. The monoisotopic (exact) mass is 271 g/mol. The second kappa shape index (κ2) is 7.60. The summed E-state index contributed by atoms with van der Waals surface area (Å²) < 4.78 is 4.25. The Morgan fingerprint density at radius 1 is 1.21 bits per heavy atom. The first-order valence-corrected chi connectivity index (χ1v) is 7.30. The van der Waals surface area contributed by atoms with Gasteiger partial charge >= 0.3 is 0 Å². The Labute approximate surface area is 99.4 Å². The van der Waals surface area contributed by atoms with Crippen LogP contribution in [0.1, 0.15) is 5.56 Å². The highest BCUT2D eigenvalue weighted by molar-refractivity contribution is 8.12. The van der Waals surface area contributed by atoms with Crippen LogP contribution in [-0.2, 0) is 11.8 Å². The van der Waals surface area contributed by atoms with Crippen molar-refractivity contribution >= 4 is 41.9 Å². The molecule has 0 amide bonds. The predicted molar refractivity (Wildman–Crippen MR) is 67.6 cm³/mol. The van der Waals surface area contributed by atoms with Crippen LogP contribution in [0.15, 0.2) is 30.3 Å². The third-order valence-electron chi connectivity index (χ3n) is 1.19. The van der Waals surface area contributed by atoms with E-state index in [1.165, 1.54) is 5.56 Å². The fourth-order valence-electron chi connectivity index (χ4n) is 0.550. The maximum Gasteiger partial charge on any atom is 0.162 e. The standard InChI is InChI=1S/C7H8.Cl2H4N3PS/c1-7-5-3-2-4-6-7;1-4-6(3,7)5-2/h2-6H,1H3;(H4,3,4,5,7). The van der Waals surface area contributed by atoms with Gasteiger partial charge in [-0.05, 0) is 42.3 Å². The van der Waals surface area contributed by atoms with Crippen LogP contribution in [0.25, 0.3) is 0 Å². The molecule has 0 heterocycles. The molecule has 0 aromatic heterocycles. The summed E-state index contributed by atoms with van der Waals surface area (Å²) in [5, 5.41) is 0. The lowest BCUT2D eigenvalue weighted by Gasteiger charge is -2.07. The molecule has 0 bridgehead atoms. The fourth-order valence-corrected chi connectivity index (χ4v) is 0.966. The fraction of sp³-hybridized carbons (Fsp3) is 0.143. The molecule has 0 aliphatic heterocycles. The molecule has 0 aliphatic carbocycles. The van der Waals surface area contributed by atoms with E-state index in [0.29, 0.717) is 0 Å². The van der Waals surface area contributed by atoms with Gasteiger partial charge in [0, 0.05) is 0 Å². The molecule has 80 valence electrons. The Kier molecular flexibility index (Phi) is 7.78. The zero-order valence-electron chi connectivity index (χ0n) is 7.58. The highest BCUT2D eigenvalue weighted by Gasteiger charge is 2.02. The highest BCUT2D eigenvalue weighted by Crippen LogP contribution is 2.25. The first kappa shape index (κ1) is 14.3. The second-order valence-corrected chi connectivity index (χ2v) is 6.88. The molecule has 0 atom stereocenters. The van der Waals surface area contributed by atoms with Gasteiger partial charge in [-0.3, -0.25) is 5.50 Å². The Bertz CT molecular complexity index is 288. The molecule has 7 heteroatoms. The van der Waals surface area contributed by atoms with E-state index in [1.54, 1.807) is 0 Å². The Balaban J connectivity index is 0.000000241. The van der Waals surface area contributed by atoms with Crippen molar-refractivity contribution in [1.29, 1.82) is 0 Å². The molecule has 1 aromatic carbocycles. The van der Waals surface area contributed by atoms with Crippen LogP contribution in [-0.4, -0.2) is 0 Å². The van der Waals surface area contributed by atoms with Crippen LogP contribution in [0.5, 0.6) is 0 Å². The van der Waals surface area contributed by atoms with Gasteiger partial charge in [-0.25, -0.2) is 0 Å². The first-order chi connectivity index (χ1) is 6.52. The van der Waals surface area contributed by atoms with Crippen molar-refractivity contribution in [3.8, 4) is 0 Å². The summed E-state index contributed by atoms with van der Waals surface area (Å²) in [5.74, 6) is 0. The van der Waals surface area contributed by atoms with Gasteiger partial charge in [0.25, 0.3) is 0 Å². The van der Waals surface area contributed by atoms with Gasteiger partial charge in [-0.2, -0.15) is 9.21 Å². The number of aryl methyl sites for hydroxylation is 1. The summed E-state index contributed by atoms with van der Waals surface area (Å²) >= 11 is 14.6. The molecule has 0 saturated carbocycles. The van der Waals surface area contributed by atoms with E-state index < -0.39 is 6.49 Å². The van der Waals surface area contributed by atoms with E-state index in [4.69, 9.17) is 29.1 Å². The smallest absolute Gasteiger partial charge is 0.162 e. The largest absolute Gasteiger partial charge is 0.278 e. The maximum atomic E-state index is 5.16. The van der Waals surface area contributed by atoms with Gasteiger partial charge in [0.15, 0.2) is 6.49 Å². The van der Waals surface area contributed by atoms with Crippen molar-refractivity contribution in [2.24, 2.45) is 5.50 Å². The molecule has 14 heavy (non-hydrogen) atoms. The van der Waals surface area contributed by atoms with E-state index >= 15 is 0 Å². The maximum absolute atomic E-state index is 5.16. The average Bonchev–Trinajstić information content (AvgIpc) is 2.20. The third-order valence-corrected chi connectivity index (χ3v) is 4.44. The van der Waals surface area contributed by atoms with Crippen LogP contribution >= 0.6 is 30.0 Å². The molecule has 0 spiro atoms. The van der Waals surface area contributed by atoms with Crippen LogP contribution in [0.2, 0.25) is 0 Å². The van der Waals surface area contributed by atoms with E-state index in [9.17, 15) is 0 Å². The van der Waals surface area contributed by atoms with Crippen molar-refractivity contribution < 1.29 is 0 Å². The quantitative estimate of drug-likeness (QED) is 0.572. The third kappa shape index (κ3) is 7.71. The van der Waals surface area contributed by atoms with E-state index in [2.05, 4.69) is 40.1 Å². The summed E-state index contributed by atoms with van der Waals surface area (Å²) in [6.07, 6.45) is 0. The van der Waals surface area contributed by atoms with E-state index in [0.717, 1.165) is 0 Å². The predicted octanol–water partition coefficient (Wildman–Crippen LogP) is 2.65. The molecule has 0 radical (unpaired) electrons. The topological polar surface area (TPSA) is 50.1 Å². The van der Waals surface area contributed by atoms with Crippen LogP contribution in [0, 0.1) is 6.92 Å². The zero-order chi connectivity index (χ0) is 11.0. The molecule has 0 saturated heterocycles. The number of rotatable bonds is 2. The number of hydrogen-bond acceptors (Lipinski definition) is 1. The van der Waals surface area contributed by atoms with Crippen LogP contribution in [0.4, 0.5) is 0 Å².